The van der Waals surface area contributed by atoms with Crippen LogP contribution in [0.3, 0.4) is 0 Å². The lowest BCUT2D eigenvalue weighted by Crippen LogP contribution is -2.50. The Kier molecular flexibility index (Phi) is 8.11. The molecule has 7 nitrogen and oxygen atoms in total. The Balaban J connectivity index is 2.02. The normalized spacial score (nSPS) is 13.2. The number of nitrogens with zero attached hydrogens (tertiary/aromatic N) is 1. The molecule has 0 fully saturated rings. The van der Waals surface area contributed by atoms with Crippen molar-refractivity contribution in [2.45, 2.75) is 39.3 Å². The highest BCUT2D eigenvalue weighted by molar-refractivity contribution is 7.92. The maximum absolute atomic E-state index is 12.7. The summed E-state index contributed by atoms with van der Waals surface area (Å²) in [6.07, 6.45) is 1.95. The maximum Gasteiger partial charge on any atom is 0.243 e. The Morgan fingerprint density at radius 1 is 1.03 bits per heavy atom. The van der Waals surface area contributed by atoms with Crippen molar-refractivity contribution < 1.29 is 22.7 Å². The molecule has 164 valence electrons. The molecule has 30 heavy (non-hydrogen) atoms. The number of nitrogens with one attached hydrogen (secondary N) is 1. The molecule has 0 saturated carbocycles. The van der Waals surface area contributed by atoms with Gasteiger partial charge in [-0.15, -0.1) is 0 Å². The van der Waals surface area contributed by atoms with Gasteiger partial charge in [-0.2, -0.15) is 0 Å². The molecule has 0 aliphatic heterocycles. The summed E-state index contributed by atoms with van der Waals surface area (Å²) in [5.74, 6) is 0.981. The van der Waals surface area contributed by atoms with Gasteiger partial charge in [0.25, 0.3) is 0 Å². The minimum absolute atomic E-state index is 0.245. The van der Waals surface area contributed by atoms with E-state index in [1.165, 1.54) is 0 Å². The number of ether oxygens (including phenoxy) is 2. The maximum atomic E-state index is 12.7. The van der Waals surface area contributed by atoms with Gasteiger partial charge in [0.05, 0.1) is 25.1 Å². The first-order valence-electron chi connectivity index (χ1n) is 9.81. The van der Waals surface area contributed by atoms with Crippen molar-refractivity contribution in [3.05, 3.63) is 54.1 Å². The summed E-state index contributed by atoms with van der Waals surface area (Å²) >= 11 is 0. The highest BCUT2D eigenvalue weighted by atomic mass is 32.2. The lowest BCUT2D eigenvalue weighted by molar-refractivity contribution is -0.122. The Morgan fingerprint density at radius 3 is 2.10 bits per heavy atom. The molecule has 0 heterocycles. The van der Waals surface area contributed by atoms with E-state index in [-0.39, 0.29) is 12.6 Å². The third kappa shape index (κ3) is 6.38. The van der Waals surface area contributed by atoms with Gasteiger partial charge in [0.2, 0.25) is 15.9 Å². The second-order valence-corrected chi connectivity index (χ2v) is 9.01. The lowest BCUT2D eigenvalue weighted by Gasteiger charge is -2.29. The largest absolute Gasteiger partial charge is 0.497 e. The lowest BCUT2D eigenvalue weighted by atomic mass is 10.1. The molecule has 8 heteroatoms. The van der Waals surface area contributed by atoms with Gasteiger partial charge in [-0.05, 0) is 62.2 Å². The monoisotopic (exact) mass is 434 g/mol. The van der Waals surface area contributed by atoms with Crippen LogP contribution in [-0.4, -0.2) is 46.4 Å². The number of benzene rings is 2. The molecule has 2 atom stereocenters. The molecule has 0 unspecified atom stereocenters. The van der Waals surface area contributed by atoms with Crippen LogP contribution >= 0.6 is 0 Å². The van der Waals surface area contributed by atoms with Gasteiger partial charge in [-0.1, -0.05) is 19.1 Å². The third-order valence-corrected chi connectivity index (χ3v) is 5.88. The van der Waals surface area contributed by atoms with Crippen LogP contribution in [0.1, 0.15) is 26.3 Å². The molecule has 1 amide bonds. The van der Waals surface area contributed by atoms with Crippen LogP contribution in [0.4, 0.5) is 5.69 Å². The summed E-state index contributed by atoms with van der Waals surface area (Å²) < 4.78 is 36.7. The van der Waals surface area contributed by atoms with E-state index in [2.05, 4.69) is 5.32 Å². The van der Waals surface area contributed by atoms with Crippen molar-refractivity contribution in [3.8, 4) is 11.5 Å². The van der Waals surface area contributed by atoms with Gasteiger partial charge in [0, 0.05) is 0 Å². The molecule has 0 aliphatic rings. The second-order valence-electron chi connectivity index (χ2n) is 7.15. The number of hydrogen-bond donors (Lipinski definition) is 1. The third-order valence-electron chi connectivity index (χ3n) is 4.64. The number of anilines is 1. The summed E-state index contributed by atoms with van der Waals surface area (Å²) in [5.41, 5.74) is 1.55. The van der Waals surface area contributed by atoms with E-state index in [9.17, 15) is 13.2 Å². The fraction of sp³-hybridized carbons (Fsp3) is 0.409. The zero-order valence-electron chi connectivity index (χ0n) is 18.1. The van der Waals surface area contributed by atoms with Crippen LogP contribution in [-0.2, 0) is 21.2 Å². The van der Waals surface area contributed by atoms with Crippen molar-refractivity contribution in [2.75, 3.05) is 24.3 Å². The van der Waals surface area contributed by atoms with Gasteiger partial charge >= 0.3 is 0 Å². The molecule has 0 aliphatic carbocycles. The SMILES string of the molecule is CCc1ccc(N([C@@H](C)C(=O)N[C@H](C)COc2ccc(OC)cc2)S(C)(=O)=O)cc1. The second kappa shape index (κ2) is 10.3. The number of aryl methyl sites for hydroxylation is 1. The van der Waals surface area contributed by atoms with Crippen LogP contribution in [0.25, 0.3) is 0 Å². The van der Waals surface area contributed by atoms with Crippen LogP contribution in [0.2, 0.25) is 0 Å². The number of amides is 1. The Hall–Kier alpha value is -2.74. The Bertz CT molecular complexity index is 927. The fourth-order valence-corrected chi connectivity index (χ4v) is 4.16. The average Bonchev–Trinajstić information content (AvgIpc) is 2.72. The molecular formula is C22H30N2O5S. The summed E-state index contributed by atoms with van der Waals surface area (Å²) in [4.78, 5) is 12.7. The number of carbonyl (C=O) groups is 1. The first-order valence-corrected chi connectivity index (χ1v) is 11.7. The van der Waals surface area contributed by atoms with Gasteiger partial charge in [0.1, 0.15) is 24.1 Å². The zero-order chi connectivity index (χ0) is 22.3. The molecule has 2 aromatic carbocycles. The smallest absolute Gasteiger partial charge is 0.243 e. The van der Waals surface area contributed by atoms with E-state index >= 15 is 0 Å². The van der Waals surface area contributed by atoms with E-state index in [1.807, 2.05) is 19.1 Å². The molecule has 1 N–H and O–H groups in total. The van der Waals surface area contributed by atoms with E-state index < -0.39 is 22.0 Å². The highest BCUT2D eigenvalue weighted by Crippen LogP contribution is 2.22. The number of hydrogen-bond acceptors (Lipinski definition) is 5. The zero-order valence-corrected chi connectivity index (χ0v) is 18.9. The van der Waals surface area contributed by atoms with Gasteiger partial charge in [0.15, 0.2) is 0 Å². The minimum atomic E-state index is -3.65. The van der Waals surface area contributed by atoms with Crippen molar-refractivity contribution in [1.82, 2.24) is 5.32 Å². The van der Waals surface area contributed by atoms with Gasteiger partial charge < -0.3 is 14.8 Å². The molecule has 0 aromatic heterocycles. The summed E-state index contributed by atoms with van der Waals surface area (Å²) in [6.45, 7) is 5.64. The number of carbonyl (C=O) groups excluding carboxylic acids is 1. The van der Waals surface area contributed by atoms with Gasteiger partial charge in [-0.25, -0.2) is 8.42 Å². The van der Waals surface area contributed by atoms with E-state index in [1.54, 1.807) is 57.4 Å². The quantitative estimate of drug-likeness (QED) is 0.621. The van der Waals surface area contributed by atoms with Crippen LogP contribution in [0, 0.1) is 0 Å². The molecule has 2 rings (SSSR count). The van der Waals surface area contributed by atoms with Crippen molar-refractivity contribution in [1.29, 1.82) is 0 Å². The van der Waals surface area contributed by atoms with E-state index in [0.717, 1.165) is 28.3 Å². The molecular weight excluding hydrogens is 404 g/mol. The predicted octanol–water partition coefficient (Wildman–Crippen LogP) is 3.00. The standard InChI is InChI=1S/C22H30N2O5S/c1-6-18-7-9-19(10-8-18)24(30(5,26)27)17(3)22(25)23-16(2)15-29-21-13-11-20(28-4)12-14-21/h7-14,16-17H,6,15H2,1-5H3,(H,23,25)/t16-,17+/m1/s1. The molecule has 0 saturated heterocycles. The Morgan fingerprint density at radius 2 is 1.60 bits per heavy atom. The first-order chi connectivity index (χ1) is 14.2. The predicted molar refractivity (Wildman–Crippen MR) is 119 cm³/mol. The molecule has 0 radical (unpaired) electrons. The first kappa shape index (κ1) is 23.5. The van der Waals surface area contributed by atoms with Crippen LogP contribution < -0.4 is 19.1 Å². The topological polar surface area (TPSA) is 84.9 Å². The van der Waals surface area contributed by atoms with Crippen LogP contribution in [0.5, 0.6) is 11.5 Å². The van der Waals surface area contributed by atoms with Crippen molar-refractivity contribution >= 4 is 21.6 Å². The number of sulfonamides is 1. The van der Waals surface area contributed by atoms with Crippen molar-refractivity contribution in [2.24, 2.45) is 0 Å². The van der Waals surface area contributed by atoms with Crippen LogP contribution in [0.15, 0.2) is 48.5 Å². The number of methoxy groups -OCH3 is 1. The Labute approximate surface area is 179 Å². The summed E-state index contributed by atoms with van der Waals surface area (Å²) in [6, 6.07) is 13.1. The summed E-state index contributed by atoms with van der Waals surface area (Å²) in [7, 11) is -2.06. The van der Waals surface area contributed by atoms with Crippen molar-refractivity contribution in [3.63, 3.8) is 0 Å². The summed E-state index contributed by atoms with van der Waals surface area (Å²) in [5, 5.41) is 2.82. The van der Waals surface area contributed by atoms with E-state index in [4.69, 9.17) is 9.47 Å². The fourth-order valence-electron chi connectivity index (χ4n) is 2.99. The minimum Gasteiger partial charge on any atom is -0.497 e. The molecule has 0 bridgehead atoms. The highest BCUT2D eigenvalue weighted by Gasteiger charge is 2.29. The van der Waals surface area contributed by atoms with Gasteiger partial charge in [-0.3, -0.25) is 9.10 Å². The molecule has 0 spiro atoms. The number of rotatable bonds is 10. The average molecular weight is 435 g/mol. The van der Waals surface area contributed by atoms with E-state index in [0.29, 0.717) is 11.4 Å². The molecule has 2 aromatic rings.